The summed E-state index contributed by atoms with van der Waals surface area (Å²) in [5.41, 5.74) is 5.61. The van der Waals surface area contributed by atoms with Gasteiger partial charge < -0.3 is 10.6 Å². The highest BCUT2D eigenvalue weighted by Gasteiger charge is 2.39. The van der Waals surface area contributed by atoms with Gasteiger partial charge in [-0.15, -0.1) is 0 Å². The molecule has 6 nitrogen and oxygen atoms in total. The van der Waals surface area contributed by atoms with Crippen molar-refractivity contribution in [3.8, 4) is 0 Å². The second-order valence-corrected chi connectivity index (χ2v) is 9.31. The highest BCUT2D eigenvalue weighted by Crippen LogP contribution is 2.33. The molecule has 1 heterocycles. The van der Waals surface area contributed by atoms with Crippen molar-refractivity contribution in [2.75, 3.05) is 15.5 Å². The summed E-state index contributed by atoms with van der Waals surface area (Å²) in [6.45, 7) is 7.66. The molecule has 8 heteroatoms. The summed E-state index contributed by atoms with van der Waals surface area (Å²) >= 11 is 12.3. The normalized spacial score (nSPS) is 13.5. The molecule has 1 aliphatic rings. The molecule has 3 amide bonds. The van der Waals surface area contributed by atoms with Crippen LogP contribution in [0.15, 0.2) is 65.3 Å². The van der Waals surface area contributed by atoms with E-state index < -0.39 is 11.8 Å². The minimum atomic E-state index is -0.649. The molecular formula is C27H23Cl2N3O3. The molecule has 0 saturated carbocycles. The Kier molecular flexibility index (Phi) is 6.70. The number of nitrogens with zero attached hydrogens (tertiary/aromatic N) is 1. The molecule has 35 heavy (non-hydrogen) atoms. The smallest absolute Gasteiger partial charge is 0.283 e. The van der Waals surface area contributed by atoms with Crippen LogP contribution in [0.4, 0.5) is 17.1 Å². The summed E-state index contributed by atoms with van der Waals surface area (Å²) in [4.78, 5) is 39.9. The van der Waals surface area contributed by atoms with Gasteiger partial charge in [-0.2, -0.15) is 0 Å². The first-order valence-electron chi connectivity index (χ1n) is 10.9. The summed E-state index contributed by atoms with van der Waals surface area (Å²) in [5, 5.41) is 6.03. The molecule has 4 rings (SSSR count). The maximum atomic E-state index is 13.1. The lowest BCUT2D eigenvalue weighted by Crippen LogP contribution is -2.32. The summed E-state index contributed by atoms with van der Waals surface area (Å²) in [5.74, 6) is -1.55. The molecule has 0 bridgehead atoms. The van der Waals surface area contributed by atoms with E-state index in [9.17, 15) is 14.4 Å². The predicted octanol–water partition coefficient (Wildman–Crippen LogP) is 6.26. The Bertz CT molecular complexity index is 1410. The highest BCUT2D eigenvalue weighted by atomic mass is 35.5. The molecule has 0 radical (unpaired) electrons. The SMILES string of the molecule is Cc1cc(C)c(NC(=O)c2cccc(NC3=C(Cl)C(=O)N(c4cc(Cl)ccc4C)C3=O)c2)c(C)c1. The van der Waals surface area contributed by atoms with Crippen molar-refractivity contribution in [1.82, 2.24) is 0 Å². The average Bonchev–Trinajstić information content (AvgIpc) is 3.01. The monoisotopic (exact) mass is 507 g/mol. The van der Waals surface area contributed by atoms with Gasteiger partial charge in [-0.25, -0.2) is 4.90 Å². The Morgan fingerprint density at radius 1 is 0.829 bits per heavy atom. The van der Waals surface area contributed by atoms with Gasteiger partial charge in [0.05, 0.1) is 5.69 Å². The van der Waals surface area contributed by atoms with E-state index in [4.69, 9.17) is 23.2 Å². The molecule has 0 fully saturated rings. The third-order valence-corrected chi connectivity index (χ3v) is 6.33. The molecule has 178 valence electrons. The third kappa shape index (κ3) is 4.81. The van der Waals surface area contributed by atoms with Gasteiger partial charge in [0.15, 0.2) is 0 Å². The second kappa shape index (κ2) is 9.56. The molecule has 0 unspecified atom stereocenters. The Morgan fingerprint density at radius 3 is 2.20 bits per heavy atom. The Hall–Kier alpha value is -3.61. The van der Waals surface area contributed by atoms with E-state index in [1.807, 2.05) is 32.9 Å². The van der Waals surface area contributed by atoms with Gasteiger partial charge in [-0.1, -0.05) is 53.0 Å². The van der Waals surface area contributed by atoms with Gasteiger partial charge in [0.2, 0.25) is 0 Å². The molecule has 0 atom stereocenters. The van der Waals surface area contributed by atoms with Gasteiger partial charge in [0.1, 0.15) is 10.7 Å². The fraction of sp³-hybridized carbons (Fsp3) is 0.148. The number of hydrogen-bond acceptors (Lipinski definition) is 4. The first-order valence-corrected chi connectivity index (χ1v) is 11.6. The van der Waals surface area contributed by atoms with E-state index in [2.05, 4.69) is 10.6 Å². The van der Waals surface area contributed by atoms with Crippen LogP contribution in [0.25, 0.3) is 0 Å². The summed E-state index contributed by atoms with van der Waals surface area (Å²) in [6.07, 6.45) is 0. The molecule has 1 aliphatic heterocycles. The van der Waals surface area contributed by atoms with Crippen LogP contribution in [0.3, 0.4) is 0 Å². The summed E-state index contributed by atoms with van der Waals surface area (Å²) in [7, 11) is 0. The first-order chi connectivity index (χ1) is 16.6. The Balaban J connectivity index is 1.58. The van der Waals surface area contributed by atoms with Crippen LogP contribution in [0, 0.1) is 27.7 Å². The Labute approximate surface area is 213 Å². The van der Waals surface area contributed by atoms with Gasteiger partial charge in [0, 0.05) is 22.0 Å². The third-order valence-electron chi connectivity index (χ3n) is 5.75. The lowest BCUT2D eigenvalue weighted by atomic mass is 10.0. The number of nitrogens with one attached hydrogen (secondary N) is 2. The van der Waals surface area contributed by atoms with Crippen LogP contribution in [0.2, 0.25) is 5.02 Å². The standard InChI is InChI=1S/C27H23Cl2N3O3/c1-14-10-16(3)23(17(4)11-14)31-25(33)18-6-5-7-20(12-18)30-24-22(29)26(34)32(27(24)35)21-13-19(28)9-8-15(21)2/h5-13,30H,1-4H3,(H,31,33). The maximum Gasteiger partial charge on any atom is 0.283 e. The van der Waals surface area contributed by atoms with Crippen molar-refractivity contribution in [2.45, 2.75) is 27.7 Å². The maximum absolute atomic E-state index is 13.1. The lowest BCUT2D eigenvalue weighted by Gasteiger charge is -2.18. The number of amides is 3. The van der Waals surface area contributed by atoms with E-state index in [0.29, 0.717) is 27.5 Å². The van der Waals surface area contributed by atoms with Gasteiger partial charge in [-0.05, 0) is 74.7 Å². The van der Waals surface area contributed by atoms with Crippen molar-refractivity contribution in [3.63, 3.8) is 0 Å². The van der Waals surface area contributed by atoms with E-state index in [-0.39, 0.29) is 16.6 Å². The fourth-order valence-electron chi connectivity index (χ4n) is 4.10. The van der Waals surface area contributed by atoms with Crippen LogP contribution in [0.1, 0.15) is 32.6 Å². The zero-order valence-corrected chi connectivity index (χ0v) is 21.1. The topological polar surface area (TPSA) is 78.5 Å². The molecule has 0 saturated heterocycles. The van der Waals surface area contributed by atoms with Crippen LogP contribution in [-0.2, 0) is 9.59 Å². The van der Waals surface area contributed by atoms with E-state index in [0.717, 1.165) is 27.3 Å². The van der Waals surface area contributed by atoms with Gasteiger partial charge in [0.25, 0.3) is 17.7 Å². The lowest BCUT2D eigenvalue weighted by molar-refractivity contribution is -0.120. The average molecular weight is 508 g/mol. The van der Waals surface area contributed by atoms with Crippen LogP contribution in [-0.4, -0.2) is 17.7 Å². The quantitative estimate of drug-likeness (QED) is 0.399. The summed E-state index contributed by atoms with van der Waals surface area (Å²) < 4.78 is 0. The van der Waals surface area contributed by atoms with Crippen LogP contribution in [0.5, 0.6) is 0 Å². The van der Waals surface area contributed by atoms with E-state index >= 15 is 0 Å². The van der Waals surface area contributed by atoms with Crippen molar-refractivity contribution in [1.29, 1.82) is 0 Å². The zero-order valence-electron chi connectivity index (χ0n) is 19.6. The van der Waals surface area contributed by atoms with Gasteiger partial charge >= 0.3 is 0 Å². The van der Waals surface area contributed by atoms with Crippen molar-refractivity contribution < 1.29 is 14.4 Å². The van der Waals surface area contributed by atoms with Crippen LogP contribution >= 0.6 is 23.2 Å². The number of carbonyl (C=O) groups is 3. The van der Waals surface area contributed by atoms with Crippen LogP contribution < -0.4 is 15.5 Å². The van der Waals surface area contributed by atoms with E-state index in [1.165, 1.54) is 0 Å². The molecular weight excluding hydrogens is 485 g/mol. The van der Waals surface area contributed by atoms with Crippen molar-refractivity contribution in [3.05, 3.63) is 98.2 Å². The molecule has 3 aromatic rings. The predicted molar refractivity (Wildman–Crippen MR) is 140 cm³/mol. The highest BCUT2D eigenvalue weighted by molar-refractivity contribution is 6.53. The number of carbonyl (C=O) groups excluding carboxylic acids is 3. The number of aryl methyl sites for hydroxylation is 4. The second-order valence-electron chi connectivity index (χ2n) is 8.50. The first kappa shape index (κ1) is 24.5. The van der Waals surface area contributed by atoms with E-state index in [1.54, 1.807) is 49.4 Å². The van der Waals surface area contributed by atoms with Crippen molar-refractivity contribution in [2.24, 2.45) is 0 Å². The molecule has 0 aliphatic carbocycles. The zero-order chi connectivity index (χ0) is 25.4. The Morgan fingerprint density at radius 2 is 1.51 bits per heavy atom. The molecule has 3 aromatic carbocycles. The molecule has 0 spiro atoms. The van der Waals surface area contributed by atoms with Crippen molar-refractivity contribution >= 4 is 58.0 Å². The van der Waals surface area contributed by atoms with Gasteiger partial charge in [-0.3, -0.25) is 14.4 Å². The number of benzene rings is 3. The number of halogens is 2. The molecule has 0 aromatic heterocycles. The molecule has 2 N–H and O–H groups in total. The largest absolute Gasteiger partial charge is 0.350 e. The number of rotatable bonds is 5. The summed E-state index contributed by atoms with van der Waals surface area (Å²) in [6, 6.07) is 15.6. The fourth-order valence-corrected chi connectivity index (χ4v) is 4.48. The number of anilines is 3. The number of imide groups is 1. The minimum absolute atomic E-state index is 0.0705. The number of hydrogen-bond donors (Lipinski definition) is 2. The minimum Gasteiger partial charge on any atom is -0.350 e.